The van der Waals surface area contributed by atoms with E-state index < -0.39 is 9.85 Å². The molecule has 4 heterocycles. The van der Waals surface area contributed by atoms with Gasteiger partial charge in [-0.25, -0.2) is 9.36 Å². The Morgan fingerprint density at radius 2 is 0.948 bits per heavy atom. The number of nitrogens with zero attached hydrogens (tertiary/aromatic N) is 14. The van der Waals surface area contributed by atoms with Crippen LogP contribution in [-0.4, -0.2) is 69.8 Å². The van der Waals surface area contributed by atoms with Crippen molar-refractivity contribution in [2.45, 2.75) is 23.1 Å². The fourth-order valence-electron chi connectivity index (χ4n) is 5.43. The Morgan fingerprint density at radius 3 is 1.31 bits per heavy atom. The number of hydrogen-bond acceptors (Lipinski definition) is 14. The first kappa shape index (κ1) is 38.9. The predicted octanol–water partition coefficient (Wildman–Crippen LogP) is 8.69. The molecule has 0 aliphatic heterocycles. The number of rotatable bonds is 13. The van der Waals surface area contributed by atoms with Crippen LogP contribution >= 0.6 is 68.0 Å². The topological polar surface area (TPSA) is 209 Å². The van der Waals surface area contributed by atoms with Crippen LogP contribution in [0.3, 0.4) is 0 Å². The molecule has 4 aromatic heterocycles. The van der Waals surface area contributed by atoms with Crippen LogP contribution in [0.5, 0.6) is 0 Å². The van der Waals surface area contributed by atoms with Crippen molar-refractivity contribution in [2.24, 2.45) is 0 Å². The van der Waals surface area contributed by atoms with Gasteiger partial charge < -0.3 is 0 Å². The molecular formula is C34H20Cl4N14O4S2. The number of halogens is 4. The number of tetrazole rings is 2. The van der Waals surface area contributed by atoms with Gasteiger partial charge in [0, 0.05) is 24.3 Å². The zero-order valence-corrected chi connectivity index (χ0v) is 33.5. The lowest BCUT2D eigenvalue weighted by Gasteiger charge is -2.11. The van der Waals surface area contributed by atoms with Gasteiger partial charge in [0.25, 0.3) is 11.4 Å². The summed E-state index contributed by atoms with van der Waals surface area (Å²) in [5.74, 6) is 0.510. The van der Waals surface area contributed by atoms with Crippen LogP contribution in [0.15, 0.2) is 107 Å². The average molecular weight is 895 g/mol. The summed E-state index contributed by atoms with van der Waals surface area (Å²) in [5.41, 5.74) is 3.63. The maximum atomic E-state index is 11.1. The monoisotopic (exact) mass is 892 g/mol. The van der Waals surface area contributed by atoms with Crippen molar-refractivity contribution < 1.29 is 9.85 Å². The lowest BCUT2D eigenvalue weighted by atomic mass is 10.2. The van der Waals surface area contributed by atoms with Crippen molar-refractivity contribution >= 4 is 79.4 Å². The number of non-ortho nitro benzene ring substituents is 2. The maximum absolute atomic E-state index is 11.1. The van der Waals surface area contributed by atoms with Crippen LogP contribution in [0, 0.1) is 20.2 Å². The average Bonchev–Trinajstić information content (AvgIpc) is 4.04. The summed E-state index contributed by atoms with van der Waals surface area (Å²) in [4.78, 5) is 24.1. The van der Waals surface area contributed by atoms with Crippen LogP contribution in [0.25, 0.3) is 34.2 Å². The van der Waals surface area contributed by atoms with Gasteiger partial charge in [0.2, 0.25) is 11.6 Å². The Bertz CT molecular complexity index is 2640. The van der Waals surface area contributed by atoms with Crippen molar-refractivity contribution in [3.8, 4) is 34.2 Å². The summed E-state index contributed by atoms with van der Waals surface area (Å²) in [5, 5.41) is 60.4. The Labute approximate surface area is 353 Å². The SMILES string of the molecule is O=[N+]([O-])c1ccc(Cn2nnc(-c3cnn(-c4ccc(Cl)c(Cl)c4)c3SSc3c(-c4nnn(Cc5ccc([N+](=O)[O-])cc5)n4)cnn3-c3ccc(Cl)c(Cl)c3)n2)cc1. The van der Waals surface area contributed by atoms with Crippen LogP contribution in [0.1, 0.15) is 11.1 Å². The summed E-state index contributed by atoms with van der Waals surface area (Å²) < 4.78 is 3.31. The van der Waals surface area contributed by atoms with E-state index in [-0.39, 0.29) is 36.1 Å². The minimum atomic E-state index is -0.469. The van der Waals surface area contributed by atoms with Crippen LogP contribution in [0.2, 0.25) is 20.1 Å². The van der Waals surface area contributed by atoms with Gasteiger partial charge in [-0.1, -0.05) is 70.7 Å². The fraction of sp³-hybridized carbons (Fsp3) is 0.0588. The van der Waals surface area contributed by atoms with Crippen molar-refractivity contribution in [1.82, 2.24) is 60.0 Å². The van der Waals surface area contributed by atoms with E-state index in [1.807, 2.05) is 0 Å². The molecule has 0 aliphatic carbocycles. The lowest BCUT2D eigenvalue weighted by Crippen LogP contribution is -2.04. The molecule has 8 rings (SSSR count). The van der Waals surface area contributed by atoms with E-state index in [1.165, 1.54) is 55.4 Å². The smallest absolute Gasteiger partial charge is 0.258 e. The molecule has 0 unspecified atom stereocenters. The van der Waals surface area contributed by atoms with Gasteiger partial charge >= 0.3 is 0 Å². The summed E-state index contributed by atoms with van der Waals surface area (Å²) in [6.07, 6.45) is 3.20. The third kappa shape index (κ3) is 8.24. The molecule has 4 aromatic carbocycles. The normalized spacial score (nSPS) is 11.3. The third-order valence-corrected chi connectivity index (χ3v) is 12.1. The molecule has 0 saturated carbocycles. The Kier molecular flexibility index (Phi) is 11.1. The van der Waals surface area contributed by atoms with Gasteiger partial charge in [-0.15, -0.1) is 20.4 Å². The molecule has 0 fully saturated rings. The summed E-state index contributed by atoms with van der Waals surface area (Å²) >= 11 is 25.4. The summed E-state index contributed by atoms with van der Waals surface area (Å²) in [6, 6.07) is 22.3. The molecule has 0 aliphatic rings. The van der Waals surface area contributed by atoms with E-state index in [1.54, 1.807) is 82.4 Å². The predicted molar refractivity (Wildman–Crippen MR) is 217 cm³/mol. The van der Waals surface area contributed by atoms with Gasteiger partial charge in [0.1, 0.15) is 10.1 Å². The highest BCUT2D eigenvalue weighted by Crippen LogP contribution is 2.46. The minimum absolute atomic E-state index is 0.0313. The van der Waals surface area contributed by atoms with Crippen molar-refractivity contribution in [2.75, 3.05) is 0 Å². The zero-order chi connectivity index (χ0) is 40.5. The quantitative estimate of drug-likeness (QED) is 0.0603. The second-order valence-electron chi connectivity index (χ2n) is 12.0. The van der Waals surface area contributed by atoms with Crippen LogP contribution < -0.4 is 0 Å². The second-order valence-corrected chi connectivity index (χ2v) is 15.8. The van der Waals surface area contributed by atoms with Crippen molar-refractivity contribution in [3.05, 3.63) is 149 Å². The standard InChI is InChI=1S/C34H20Cl4N14O4S2/c35-27-11-9-23(13-29(27)37)49-33(25(15-39-49)31-41-45-47(43-31)17-19-1-5-21(6-2-19)51(53)54)57-58-34-26(16-40-50(34)24-10-12-28(36)30(38)14-24)32-42-46-48(44-32)18-20-3-7-22(8-4-20)52(55)56/h1-16H,17-18H2. The third-order valence-electron chi connectivity index (χ3n) is 8.28. The van der Waals surface area contributed by atoms with Gasteiger partial charge in [0.05, 0.1) is 77.9 Å². The lowest BCUT2D eigenvalue weighted by molar-refractivity contribution is -0.385. The Morgan fingerprint density at radius 1 is 0.552 bits per heavy atom. The van der Waals surface area contributed by atoms with Gasteiger partial charge in [-0.05, 0) is 79.5 Å². The zero-order valence-electron chi connectivity index (χ0n) is 28.9. The molecule has 0 N–H and O–H groups in total. The Hall–Kier alpha value is -5.90. The molecule has 18 nitrogen and oxygen atoms in total. The van der Waals surface area contributed by atoms with E-state index in [0.717, 1.165) is 11.1 Å². The first-order valence-corrected chi connectivity index (χ1v) is 20.1. The number of aromatic nitrogens is 12. The summed E-state index contributed by atoms with van der Waals surface area (Å²) in [6.45, 7) is 0.403. The fourth-order valence-corrected chi connectivity index (χ4v) is 8.52. The van der Waals surface area contributed by atoms with E-state index in [9.17, 15) is 20.2 Å². The first-order chi connectivity index (χ1) is 28.0. The molecule has 0 saturated heterocycles. The molecule has 0 bridgehead atoms. The minimum Gasteiger partial charge on any atom is -0.258 e. The van der Waals surface area contributed by atoms with Crippen LogP contribution in [-0.2, 0) is 13.1 Å². The van der Waals surface area contributed by atoms with Gasteiger partial charge in [0.15, 0.2) is 0 Å². The summed E-state index contributed by atoms with van der Waals surface area (Å²) in [7, 11) is 2.59. The number of nitro groups is 2. The molecule has 0 atom stereocenters. The highest BCUT2D eigenvalue weighted by Gasteiger charge is 2.25. The molecule has 0 amide bonds. The van der Waals surface area contributed by atoms with Crippen molar-refractivity contribution in [3.63, 3.8) is 0 Å². The highest BCUT2D eigenvalue weighted by atomic mass is 35.5. The van der Waals surface area contributed by atoms with Crippen LogP contribution in [0.4, 0.5) is 11.4 Å². The molecule has 24 heteroatoms. The largest absolute Gasteiger partial charge is 0.269 e. The maximum Gasteiger partial charge on any atom is 0.269 e. The van der Waals surface area contributed by atoms with E-state index in [0.29, 0.717) is 52.6 Å². The number of nitro benzene ring substituents is 2. The number of benzene rings is 4. The van der Waals surface area contributed by atoms with E-state index >= 15 is 0 Å². The van der Waals surface area contributed by atoms with E-state index in [2.05, 4.69) is 41.0 Å². The van der Waals surface area contributed by atoms with Gasteiger partial charge in [-0.2, -0.15) is 19.8 Å². The van der Waals surface area contributed by atoms with E-state index in [4.69, 9.17) is 46.4 Å². The molecule has 0 radical (unpaired) electrons. The highest BCUT2D eigenvalue weighted by molar-refractivity contribution is 8.76. The molecule has 290 valence electrons. The molecule has 58 heavy (non-hydrogen) atoms. The Balaban J connectivity index is 1.15. The number of hydrogen-bond donors (Lipinski definition) is 0. The molecule has 0 spiro atoms. The second kappa shape index (κ2) is 16.5. The first-order valence-electron chi connectivity index (χ1n) is 16.4. The molecule has 8 aromatic rings. The van der Waals surface area contributed by atoms with Crippen molar-refractivity contribution in [1.29, 1.82) is 0 Å². The molecular weight excluding hydrogens is 874 g/mol. The van der Waals surface area contributed by atoms with Gasteiger partial charge in [-0.3, -0.25) is 20.2 Å².